The number of rotatable bonds is 8. The molecule has 1 atom stereocenters. The van der Waals surface area contributed by atoms with Crippen LogP contribution in [0.2, 0.25) is 5.31 Å². The highest BCUT2D eigenvalue weighted by Crippen LogP contribution is 2.32. The first-order valence-electron chi connectivity index (χ1n) is 5.73. The summed E-state index contributed by atoms with van der Waals surface area (Å²) in [5.74, 6) is 0. The maximum absolute atomic E-state index is 5.58. The van der Waals surface area contributed by atoms with E-state index in [1.807, 2.05) is 6.92 Å². The van der Waals surface area contributed by atoms with Crippen LogP contribution in [0.25, 0.3) is 0 Å². The molecule has 0 spiro atoms. The van der Waals surface area contributed by atoms with Crippen LogP contribution in [0.3, 0.4) is 0 Å². The fourth-order valence-electron chi connectivity index (χ4n) is 1.11. The molecule has 0 rings (SSSR count). The first-order chi connectivity index (χ1) is 6.97. The molecule has 0 aromatic rings. The molecule has 0 aromatic carbocycles. The number of hydrogen-bond acceptors (Lipinski definition) is 3. The van der Waals surface area contributed by atoms with Crippen molar-refractivity contribution >= 4 is 7.12 Å². The standard InChI is InChI=1S/C11H25BO3/c1-7-10(3)14-9-15-12(13-6)11(4,5)8-2/h10H,7-9H2,1-6H3. The average Bonchev–Trinajstić information content (AvgIpc) is 2.23. The van der Waals surface area contributed by atoms with Crippen molar-refractivity contribution in [3.8, 4) is 0 Å². The molecule has 0 saturated heterocycles. The molecule has 0 fully saturated rings. The molecule has 0 saturated carbocycles. The van der Waals surface area contributed by atoms with E-state index in [9.17, 15) is 0 Å². The van der Waals surface area contributed by atoms with Gasteiger partial charge in [0.05, 0.1) is 6.10 Å². The molecule has 90 valence electrons. The highest BCUT2D eigenvalue weighted by Gasteiger charge is 2.35. The topological polar surface area (TPSA) is 27.7 Å². The van der Waals surface area contributed by atoms with Gasteiger partial charge in [0.1, 0.15) is 6.79 Å². The van der Waals surface area contributed by atoms with Gasteiger partial charge in [-0.15, -0.1) is 0 Å². The summed E-state index contributed by atoms with van der Waals surface area (Å²) >= 11 is 0. The lowest BCUT2D eigenvalue weighted by Gasteiger charge is -2.27. The zero-order chi connectivity index (χ0) is 11.9. The Balaban J connectivity index is 3.90. The molecule has 3 nitrogen and oxygen atoms in total. The van der Waals surface area contributed by atoms with Gasteiger partial charge in [-0.1, -0.05) is 34.1 Å². The van der Waals surface area contributed by atoms with Gasteiger partial charge in [-0.2, -0.15) is 0 Å². The van der Waals surface area contributed by atoms with Crippen LogP contribution >= 0.6 is 0 Å². The van der Waals surface area contributed by atoms with Crippen molar-refractivity contribution in [2.24, 2.45) is 0 Å². The molecule has 0 aliphatic rings. The Bertz CT molecular complexity index is 162. The fraction of sp³-hybridized carbons (Fsp3) is 1.00. The van der Waals surface area contributed by atoms with E-state index in [4.69, 9.17) is 14.0 Å². The first-order valence-corrected chi connectivity index (χ1v) is 5.73. The van der Waals surface area contributed by atoms with E-state index in [0.29, 0.717) is 6.79 Å². The highest BCUT2D eigenvalue weighted by atomic mass is 16.7. The van der Waals surface area contributed by atoms with Crippen LogP contribution in [0, 0.1) is 0 Å². The molecule has 0 bridgehead atoms. The average molecular weight is 216 g/mol. The Morgan fingerprint density at radius 2 is 1.87 bits per heavy atom. The minimum atomic E-state index is -0.202. The Labute approximate surface area is 94.6 Å². The Morgan fingerprint density at radius 1 is 1.27 bits per heavy atom. The zero-order valence-electron chi connectivity index (χ0n) is 11.0. The predicted molar refractivity (Wildman–Crippen MR) is 63.9 cm³/mol. The van der Waals surface area contributed by atoms with E-state index in [-0.39, 0.29) is 18.5 Å². The number of hydrogen-bond donors (Lipinski definition) is 0. The van der Waals surface area contributed by atoms with Crippen molar-refractivity contribution in [1.29, 1.82) is 0 Å². The number of ether oxygens (including phenoxy) is 1. The van der Waals surface area contributed by atoms with Crippen molar-refractivity contribution < 1.29 is 14.0 Å². The maximum Gasteiger partial charge on any atom is 0.464 e. The summed E-state index contributed by atoms with van der Waals surface area (Å²) in [5.41, 5.74) is 0. The summed E-state index contributed by atoms with van der Waals surface area (Å²) in [6.45, 7) is 10.8. The zero-order valence-corrected chi connectivity index (χ0v) is 11.0. The molecule has 0 aliphatic heterocycles. The Kier molecular flexibility index (Phi) is 7.23. The molecule has 0 aromatic heterocycles. The van der Waals surface area contributed by atoms with Gasteiger partial charge in [-0.05, 0) is 18.7 Å². The normalized spacial score (nSPS) is 14.0. The molecule has 1 unspecified atom stereocenters. The fourth-order valence-corrected chi connectivity index (χ4v) is 1.11. The van der Waals surface area contributed by atoms with Crippen LogP contribution in [0.5, 0.6) is 0 Å². The smallest absolute Gasteiger partial charge is 0.414 e. The van der Waals surface area contributed by atoms with Gasteiger partial charge < -0.3 is 14.0 Å². The molecule has 0 radical (unpaired) electrons. The van der Waals surface area contributed by atoms with Crippen LogP contribution in [0.1, 0.15) is 47.5 Å². The lowest BCUT2D eigenvalue weighted by atomic mass is 9.58. The van der Waals surface area contributed by atoms with Crippen LogP contribution in [0.15, 0.2) is 0 Å². The van der Waals surface area contributed by atoms with Crippen molar-refractivity contribution in [2.45, 2.75) is 58.9 Å². The summed E-state index contributed by atoms with van der Waals surface area (Å²) in [4.78, 5) is 0. The van der Waals surface area contributed by atoms with Gasteiger partial charge in [0.2, 0.25) is 0 Å². The van der Waals surface area contributed by atoms with Crippen LogP contribution in [-0.2, 0) is 14.0 Å². The largest absolute Gasteiger partial charge is 0.464 e. The highest BCUT2D eigenvalue weighted by molar-refractivity contribution is 6.48. The summed E-state index contributed by atoms with van der Waals surface area (Å²) in [6.07, 6.45) is 2.25. The second-order valence-corrected chi connectivity index (χ2v) is 4.58. The third-order valence-electron chi connectivity index (χ3n) is 2.91. The van der Waals surface area contributed by atoms with Gasteiger partial charge in [-0.25, -0.2) is 0 Å². The lowest BCUT2D eigenvalue weighted by molar-refractivity contribution is -0.0431. The lowest BCUT2D eigenvalue weighted by Crippen LogP contribution is -2.34. The minimum Gasteiger partial charge on any atom is -0.414 e. The van der Waals surface area contributed by atoms with Gasteiger partial charge in [0.15, 0.2) is 0 Å². The molecule has 0 amide bonds. The van der Waals surface area contributed by atoms with Crippen molar-refractivity contribution in [2.75, 3.05) is 13.9 Å². The monoisotopic (exact) mass is 216 g/mol. The van der Waals surface area contributed by atoms with Crippen molar-refractivity contribution in [1.82, 2.24) is 0 Å². The minimum absolute atomic E-state index is 0.0214. The quantitative estimate of drug-likeness (QED) is 0.461. The molecular formula is C11H25BO3. The van der Waals surface area contributed by atoms with Crippen LogP contribution in [-0.4, -0.2) is 27.1 Å². The van der Waals surface area contributed by atoms with Crippen LogP contribution < -0.4 is 0 Å². The summed E-state index contributed by atoms with van der Waals surface area (Å²) in [7, 11) is 1.47. The van der Waals surface area contributed by atoms with E-state index in [1.165, 1.54) is 0 Å². The van der Waals surface area contributed by atoms with Gasteiger partial charge in [-0.3, -0.25) is 0 Å². The second kappa shape index (κ2) is 7.26. The summed E-state index contributed by atoms with van der Waals surface area (Å²) in [5, 5.41) is 0.0214. The molecule has 0 heterocycles. The van der Waals surface area contributed by atoms with E-state index in [0.717, 1.165) is 12.8 Å². The van der Waals surface area contributed by atoms with Crippen molar-refractivity contribution in [3.05, 3.63) is 0 Å². The van der Waals surface area contributed by atoms with Gasteiger partial charge in [0.25, 0.3) is 0 Å². The molecule has 4 heteroatoms. The molecule has 15 heavy (non-hydrogen) atoms. The van der Waals surface area contributed by atoms with Crippen LogP contribution in [0.4, 0.5) is 0 Å². The summed E-state index contributed by atoms with van der Waals surface area (Å²) < 4.78 is 16.4. The van der Waals surface area contributed by atoms with E-state index in [1.54, 1.807) is 7.11 Å². The summed E-state index contributed by atoms with van der Waals surface area (Å²) in [6, 6.07) is 0. The molecular weight excluding hydrogens is 191 g/mol. The van der Waals surface area contributed by atoms with E-state index >= 15 is 0 Å². The SMILES string of the molecule is CCC(C)OCOB(OC)C(C)(C)CC. The van der Waals surface area contributed by atoms with Gasteiger partial charge in [0, 0.05) is 7.11 Å². The molecule has 0 aliphatic carbocycles. The second-order valence-electron chi connectivity index (χ2n) is 4.58. The molecule has 0 N–H and O–H groups in total. The maximum atomic E-state index is 5.58. The predicted octanol–water partition coefficient (Wildman–Crippen LogP) is 3.10. The van der Waals surface area contributed by atoms with Gasteiger partial charge >= 0.3 is 7.12 Å². The third kappa shape index (κ3) is 5.54. The first kappa shape index (κ1) is 14.9. The van der Waals surface area contributed by atoms with E-state index < -0.39 is 0 Å². The van der Waals surface area contributed by atoms with E-state index in [2.05, 4.69) is 27.7 Å². The Hall–Kier alpha value is -0.0551. The van der Waals surface area contributed by atoms with Crippen molar-refractivity contribution in [3.63, 3.8) is 0 Å². The third-order valence-corrected chi connectivity index (χ3v) is 2.91. The Morgan fingerprint density at radius 3 is 2.27 bits per heavy atom.